The number of nitrogens with zero attached hydrogens (tertiary/aromatic N) is 2. The molecule has 0 fully saturated rings. The topological polar surface area (TPSA) is 33.2 Å². The van der Waals surface area contributed by atoms with Gasteiger partial charge in [0.25, 0.3) is 5.92 Å². The van der Waals surface area contributed by atoms with Gasteiger partial charge < -0.3 is 0 Å². The summed E-state index contributed by atoms with van der Waals surface area (Å²) >= 11 is 0. The van der Waals surface area contributed by atoms with Crippen LogP contribution in [0, 0.1) is 11.2 Å². The fraction of sp³-hybridized carbons (Fsp3) is 0.455. The van der Waals surface area contributed by atoms with E-state index in [0.29, 0.717) is 35.3 Å². The molecule has 2 heterocycles. The van der Waals surface area contributed by atoms with Crippen LogP contribution in [0.15, 0.2) is 30.5 Å². The number of aryl methyl sites for hydroxylation is 1. The van der Waals surface area contributed by atoms with Crippen molar-refractivity contribution in [1.29, 1.82) is 0 Å². The van der Waals surface area contributed by atoms with Crippen molar-refractivity contribution < 1.29 is 18.0 Å². The van der Waals surface area contributed by atoms with E-state index in [2.05, 4.69) is 4.98 Å². The van der Waals surface area contributed by atoms with Crippen molar-refractivity contribution >= 4 is 17.3 Å². The number of hydrogen-bond acceptors (Lipinski definition) is 2. The highest BCUT2D eigenvalue weighted by Gasteiger charge is 2.53. The van der Waals surface area contributed by atoms with Crippen LogP contribution >= 0.6 is 0 Å². The van der Waals surface area contributed by atoms with Gasteiger partial charge in [0.2, 0.25) is 5.91 Å². The van der Waals surface area contributed by atoms with Crippen molar-refractivity contribution in [3.63, 3.8) is 0 Å². The molecule has 3 nitrogen and oxygen atoms in total. The van der Waals surface area contributed by atoms with Crippen LogP contribution in [0.4, 0.5) is 24.5 Å². The molecular formula is C22H23F3N2O. The number of anilines is 2. The number of hydrogen-bond donors (Lipinski definition) is 0. The number of rotatable bonds is 1. The first-order valence-electron chi connectivity index (χ1n) is 9.49. The van der Waals surface area contributed by atoms with E-state index in [9.17, 15) is 18.0 Å². The second-order valence-electron chi connectivity index (χ2n) is 8.78. The standard InChI is InChI=1S/C22H23F3N2O/c1-20(2)17-15(23)8-5-9-16(17)27(19(28)21(20,3)4)14-11-13-7-6-10-22(24,25)18(13)26-12-14/h5,8-9,11-12H,6-7,10H2,1-4H3. The zero-order valence-corrected chi connectivity index (χ0v) is 16.4. The Bertz CT molecular complexity index is 982. The summed E-state index contributed by atoms with van der Waals surface area (Å²) in [6.07, 6.45) is 1.94. The molecule has 0 bridgehead atoms. The lowest BCUT2D eigenvalue weighted by Gasteiger charge is -2.49. The summed E-state index contributed by atoms with van der Waals surface area (Å²) in [4.78, 5) is 18.9. The van der Waals surface area contributed by atoms with Crippen LogP contribution in [-0.4, -0.2) is 10.9 Å². The lowest BCUT2D eigenvalue weighted by molar-refractivity contribution is -0.129. The molecule has 148 valence electrons. The zero-order chi connectivity index (χ0) is 20.5. The molecule has 1 aromatic heterocycles. The molecule has 0 saturated heterocycles. The van der Waals surface area contributed by atoms with Crippen LogP contribution in [0.3, 0.4) is 0 Å². The monoisotopic (exact) mass is 388 g/mol. The lowest BCUT2D eigenvalue weighted by atomic mass is 9.60. The second kappa shape index (κ2) is 5.82. The molecule has 4 rings (SSSR count). The number of carbonyl (C=O) groups excluding carboxylic acids is 1. The highest BCUT2D eigenvalue weighted by Crippen LogP contribution is 2.53. The van der Waals surface area contributed by atoms with Gasteiger partial charge in [-0.1, -0.05) is 33.8 Å². The predicted molar refractivity (Wildman–Crippen MR) is 101 cm³/mol. The highest BCUT2D eigenvalue weighted by molar-refractivity contribution is 6.07. The Balaban J connectivity index is 1.94. The normalized spacial score (nSPS) is 21.8. The maximum atomic E-state index is 14.8. The van der Waals surface area contributed by atoms with Gasteiger partial charge in [-0.25, -0.2) is 4.39 Å². The van der Waals surface area contributed by atoms with Gasteiger partial charge in [0.1, 0.15) is 11.5 Å². The van der Waals surface area contributed by atoms with Crippen LogP contribution < -0.4 is 4.90 Å². The minimum absolute atomic E-state index is 0.208. The van der Waals surface area contributed by atoms with Crippen LogP contribution in [0.5, 0.6) is 0 Å². The van der Waals surface area contributed by atoms with Gasteiger partial charge in [0.15, 0.2) is 0 Å². The molecule has 2 aliphatic rings. The molecule has 0 atom stereocenters. The van der Waals surface area contributed by atoms with E-state index < -0.39 is 16.8 Å². The van der Waals surface area contributed by atoms with Crippen molar-refractivity contribution in [2.75, 3.05) is 4.90 Å². The Morgan fingerprint density at radius 3 is 2.54 bits per heavy atom. The average molecular weight is 388 g/mol. The second-order valence-corrected chi connectivity index (χ2v) is 8.78. The van der Waals surface area contributed by atoms with Gasteiger partial charge in [-0.05, 0) is 36.6 Å². The number of benzene rings is 1. The fourth-order valence-electron chi connectivity index (χ4n) is 4.30. The summed E-state index contributed by atoms with van der Waals surface area (Å²) in [7, 11) is 0. The molecule has 6 heteroatoms. The van der Waals surface area contributed by atoms with Crippen LogP contribution in [0.1, 0.15) is 57.4 Å². The third-order valence-electron chi connectivity index (χ3n) is 6.65. The summed E-state index contributed by atoms with van der Waals surface area (Å²) in [5.74, 6) is -3.55. The summed E-state index contributed by atoms with van der Waals surface area (Å²) in [6, 6.07) is 6.25. The SMILES string of the molecule is CC1(C)C(=O)N(c2cnc3c(c2)CCCC3(F)F)c2cccc(F)c2C1(C)C. The molecule has 0 saturated carbocycles. The van der Waals surface area contributed by atoms with Gasteiger partial charge in [0.05, 0.1) is 23.0 Å². The van der Waals surface area contributed by atoms with Crippen molar-refractivity contribution in [2.45, 2.75) is 58.3 Å². The molecule has 0 radical (unpaired) electrons. The molecule has 1 aromatic carbocycles. The lowest BCUT2D eigenvalue weighted by Crippen LogP contribution is -2.54. The molecule has 0 unspecified atom stereocenters. The molecule has 1 amide bonds. The quantitative estimate of drug-likeness (QED) is 0.634. The summed E-state index contributed by atoms with van der Waals surface area (Å²) in [5, 5.41) is 0. The Hall–Kier alpha value is -2.37. The summed E-state index contributed by atoms with van der Waals surface area (Å²) in [6.45, 7) is 7.29. The van der Waals surface area contributed by atoms with Crippen LogP contribution in [-0.2, 0) is 22.6 Å². The van der Waals surface area contributed by atoms with E-state index in [0.717, 1.165) is 0 Å². The van der Waals surface area contributed by atoms with Gasteiger partial charge in [-0.2, -0.15) is 8.78 Å². The number of fused-ring (bicyclic) bond motifs is 2. The van der Waals surface area contributed by atoms with Crippen molar-refractivity contribution in [1.82, 2.24) is 4.98 Å². The number of pyridine rings is 1. The van der Waals surface area contributed by atoms with Crippen LogP contribution in [0.2, 0.25) is 0 Å². The summed E-state index contributed by atoms with van der Waals surface area (Å²) < 4.78 is 43.2. The van der Waals surface area contributed by atoms with Crippen molar-refractivity contribution in [3.8, 4) is 0 Å². The molecule has 2 aromatic rings. The first-order valence-corrected chi connectivity index (χ1v) is 9.49. The molecule has 28 heavy (non-hydrogen) atoms. The Labute approximate surface area is 162 Å². The third-order valence-corrected chi connectivity index (χ3v) is 6.65. The van der Waals surface area contributed by atoms with Crippen molar-refractivity contribution in [2.24, 2.45) is 5.41 Å². The van der Waals surface area contributed by atoms with Gasteiger partial charge >= 0.3 is 0 Å². The van der Waals surface area contributed by atoms with E-state index in [-0.39, 0.29) is 23.8 Å². The van der Waals surface area contributed by atoms with Crippen LogP contribution in [0.25, 0.3) is 0 Å². The van der Waals surface area contributed by atoms with Gasteiger partial charge in [-0.15, -0.1) is 0 Å². The largest absolute Gasteiger partial charge is 0.289 e. The Kier molecular flexibility index (Phi) is 3.94. The number of aromatic nitrogens is 1. The first kappa shape index (κ1) is 19.0. The van der Waals surface area contributed by atoms with Gasteiger partial charge in [-0.3, -0.25) is 14.7 Å². The smallest absolute Gasteiger partial charge is 0.279 e. The third kappa shape index (κ3) is 2.43. The summed E-state index contributed by atoms with van der Waals surface area (Å²) in [5.41, 5.74) is -0.121. The van der Waals surface area contributed by atoms with E-state index in [1.54, 1.807) is 32.0 Å². The fourth-order valence-corrected chi connectivity index (χ4v) is 4.30. The van der Waals surface area contributed by atoms with Gasteiger partial charge in [0, 0.05) is 17.4 Å². The molecule has 0 spiro atoms. The molecule has 0 N–H and O–H groups in total. The number of halogens is 3. The minimum Gasteiger partial charge on any atom is -0.279 e. The number of amides is 1. The maximum absolute atomic E-state index is 14.8. The average Bonchev–Trinajstić information content (AvgIpc) is 2.60. The van der Waals surface area contributed by atoms with E-state index in [1.807, 2.05) is 13.8 Å². The minimum atomic E-state index is -2.96. The number of carbonyl (C=O) groups is 1. The Morgan fingerprint density at radius 2 is 1.82 bits per heavy atom. The number of alkyl halides is 2. The zero-order valence-electron chi connectivity index (χ0n) is 16.4. The van der Waals surface area contributed by atoms with Crippen molar-refractivity contribution in [3.05, 3.63) is 53.1 Å². The molecule has 1 aliphatic carbocycles. The highest BCUT2D eigenvalue weighted by atomic mass is 19.3. The van der Waals surface area contributed by atoms with E-state index >= 15 is 0 Å². The van der Waals surface area contributed by atoms with E-state index in [4.69, 9.17) is 0 Å². The first-order chi connectivity index (χ1) is 13.0. The molecular weight excluding hydrogens is 365 g/mol. The molecule has 1 aliphatic heterocycles. The maximum Gasteiger partial charge on any atom is 0.289 e. The Morgan fingerprint density at radius 1 is 1.11 bits per heavy atom. The van der Waals surface area contributed by atoms with E-state index in [1.165, 1.54) is 17.2 Å². The predicted octanol–water partition coefficient (Wildman–Crippen LogP) is 5.63.